The number of amides is 2. The van der Waals surface area contributed by atoms with Crippen molar-refractivity contribution in [2.45, 2.75) is 24.5 Å². The quantitative estimate of drug-likeness (QED) is 0.630. The summed E-state index contributed by atoms with van der Waals surface area (Å²) in [6.45, 7) is 1.19. The minimum atomic E-state index is -4.92. The summed E-state index contributed by atoms with van der Waals surface area (Å²) >= 11 is 7.32. The Bertz CT molecular complexity index is 846. The van der Waals surface area contributed by atoms with Crippen molar-refractivity contribution in [1.82, 2.24) is 4.90 Å². The highest BCUT2D eigenvalue weighted by Crippen LogP contribution is 2.26. The van der Waals surface area contributed by atoms with E-state index in [1.54, 1.807) is 42.5 Å². The van der Waals surface area contributed by atoms with Gasteiger partial charge in [0.25, 0.3) is 0 Å². The lowest BCUT2D eigenvalue weighted by Crippen LogP contribution is -2.40. The number of thioether (sulfide) groups is 1. The summed E-state index contributed by atoms with van der Waals surface area (Å²) in [5, 5.41) is 3.25. The Balaban J connectivity index is 1.97. The van der Waals surface area contributed by atoms with E-state index in [4.69, 9.17) is 11.6 Å². The number of hydrogen-bond donors (Lipinski definition) is 1. The van der Waals surface area contributed by atoms with Crippen molar-refractivity contribution < 1.29 is 22.8 Å². The summed E-state index contributed by atoms with van der Waals surface area (Å²) in [5.41, 5.74) is 0.925. The zero-order valence-corrected chi connectivity index (χ0v) is 16.5. The van der Waals surface area contributed by atoms with Crippen LogP contribution in [0.1, 0.15) is 12.5 Å². The second kappa shape index (κ2) is 9.84. The van der Waals surface area contributed by atoms with Crippen LogP contribution in [0.4, 0.5) is 18.9 Å². The molecule has 4 nitrogen and oxygen atoms in total. The second-order valence-corrected chi connectivity index (χ2v) is 7.21. The molecule has 150 valence electrons. The predicted octanol–water partition coefficient (Wildman–Crippen LogP) is 4.98. The molecule has 2 aromatic rings. The van der Waals surface area contributed by atoms with Crippen molar-refractivity contribution >= 4 is 40.9 Å². The van der Waals surface area contributed by atoms with Crippen molar-refractivity contribution in [2.75, 3.05) is 17.6 Å². The molecule has 0 bridgehead atoms. The molecule has 0 radical (unpaired) electrons. The van der Waals surface area contributed by atoms with Gasteiger partial charge in [0.1, 0.15) is 0 Å². The molecule has 0 aliphatic rings. The van der Waals surface area contributed by atoms with Gasteiger partial charge in [-0.15, -0.1) is 11.8 Å². The summed E-state index contributed by atoms with van der Waals surface area (Å²) in [5.74, 6) is -2.04. The van der Waals surface area contributed by atoms with E-state index in [2.05, 4.69) is 5.32 Å². The van der Waals surface area contributed by atoms with Gasteiger partial charge in [-0.3, -0.25) is 9.59 Å². The van der Waals surface area contributed by atoms with Crippen molar-refractivity contribution in [3.63, 3.8) is 0 Å². The lowest BCUT2D eigenvalue weighted by atomic mass is 10.2. The van der Waals surface area contributed by atoms with Gasteiger partial charge in [0, 0.05) is 23.7 Å². The highest BCUT2D eigenvalue weighted by atomic mass is 35.5. The first kappa shape index (κ1) is 22.1. The van der Waals surface area contributed by atoms with Gasteiger partial charge in [0.05, 0.1) is 10.8 Å². The summed E-state index contributed by atoms with van der Waals surface area (Å²) < 4.78 is 37.9. The van der Waals surface area contributed by atoms with Crippen LogP contribution in [0.5, 0.6) is 0 Å². The van der Waals surface area contributed by atoms with Gasteiger partial charge in [0.2, 0.25) is 5.91 Å². The number of anilines is 1. The van der Waals surface area contributed by atoms with E-state index in [0.717, 1.165) is 4.90 Å². The molecular weight excluding hydrogens is 413 g/mol. The number of carbonyl (C=O) groups excluding carboxylic acids is 2. The van der Waals surface area contributed by atoms with Crippen LogP contribution < -0.4 is 5.32 Å². The van der Waals surface area contributed by atoms with E-state index >= 15 is 0 Å². The Morgan fingerprint density at radius 1 is 1.14 bits per heavy atom. The smallest absolute Gasteiger partial charge is 0.331 e. The number of alkyl halides is 3. The minimum absolute atomic E-state index is 0.0800. The highest BCUT2D eigenvalue weighted by Gasteiger charge is 2.41. The van der Waals surface area contributed by atoms with Crippen LogP contribution in [0.25, 0.3) is 0 Å². The molecule has 0 saturated carbocycles. The van der Waals surface area contributed by atoms with Crippen LogP contribution in [0.15, 0.2) is 53.4 Å². The van der Waals surface area contributed by atoms with E-state index in [9.17, 15) is 22.8 Å². The second-order valence-electron chi connectivity index (χ2n) is 5.78. The van der Waals surface area contributed by atoms with Crippen molar-refractivity contribution in [2.24, 2.45) is 0 Å². The van der Waals surface area contributed by atoms with Gasteiger partial charge in [-0.1, -0.05) is 35.9 Å². The molecule has 0 aromatic heterocycles. The third-order valence-electron chi connectivity index (χ3n) is 3.69. The van der Waals surface area contributed by atoms with E-state index in [1.165, 1.54) is 18.7 Å². The first-order valence-electron chi connectivity index (χ1n) is 8.33. The van der Waals surface area contributed by atoms with Gasteiger partial charge >= 0.3 is 12.1 Å². The molecule has 1 N–H and O–H groups in total. The number of carbonyl (C=O) groups is 2. The van der Waals surface area contributed by atoms with Gasteiger partial charge < -0.3 is 10.2 Å². The fraction of sp³-hybridized carbons (Fsp3) is 0.263. The summed E-state index contributed by atoms with van der Waals surface area (Å²) in [6, 6.07) is 13.5. The van der Waals surface area contributed by atoms with E-state index in [1.807, 2.05) is 6.07 Å². The zero-order valence-electron chi connectivity index (χ0n) is 14.9. The highest BCUT2D eigenvalue weighted by molar-refractivity contribution is 8.00. The molecule has 9 heteroatoms. The van der Waals surface area contributed by atoms with E-state index in [-0.39, 0.29) is 24.7 Å². The monoisotopic (exact) mass is 430 g/mol. The maximum atomic E-state index is 12.6. The number of hydrogen-bond acceptors (Lipinski definition) is 3. The molecule has 2 rings (SSSR count). The first-order valence-corrected chi connectivity index (χ1v) is 9.69. The van der Waals surface area contributed by atoms with Gasteiger partial charge in [-0.2, -0.15) is 13.2 Å². The Morgan fingerprint density at radius 3 is 2.50 bits per heavy atom. The maximum Gasteiger partial charge on any atom is 0.471 e. The molecule has 0 unspecified atom stereocenters. The van der Waals surface area contributed by atoms with Crippen LogP contribution in [0.2, 0.25) is 5.02 Å². The molecule has 28 heavy (non-hydrogen) atoms. The van der Waals surface area contributed by atoms with Crippen LogP contribution in [0, 0.1) is 0 Å². The lowest BCUT2D eigenvalue weighted by molar-refractivity contribution is -0.185. The standard InChI is InChI=1S/C19H18ClF3N2O2S/c1-2-25(18(27)19(21,22)23)11-13-6-5-7-14(10-13)24-17(26)12-28-16-9-4-3-8-15(16)20/h3-10H,2,11-12H2,1H3,(H,24,26). The van der Waals surface area contributed by atoms with Crippen LogP contribution in [-0.2, 0) is 16.1 Å². The molecule has 2 aromatic carbocycles. The van der Waals surface area contributed by atoms with Crippen LogP contribution >= 0.6 is 23.4 Å². The minimum Gasteiger partial charge on any atom is -0.331 e. The summed E-state index contributed by atoms with van der Waals surface area (Å²) in [7, 11) is 0. The van der Waals surface area contributed by atoms with Crippen molar-refractivity contribution in [3.05, 3.63) is 59.1 Å². The SMILES string of the molecule is CCN(Cc1cccc(NC(=O)CSc2ccccc2Cl)c1)C(=O)C(F)(F)F. The molecule has 0 aliphatic carbocycles. The van der Waals surface area contributed by atoms with Crippen LogP contribution in [0.3, 0.4) is 0 Å². The molecule has 0 spiro atoms. The number of benzene rings is 2. The zero-order chi connectivity index (χ0) is 20.7. The molecule has 0 atom stereocenters. The normalized spacial score (nSPS) is 11.2. The predicted molar refractivity (Wildman–Crippen MR) is 104 cm³/mol. The van der Waals surface area contributed by atoms with Crippen molar-refractivity contribution in [3.8, 4) is 0 Å². The fourth-order valence-corrected chi connectivity index (χ4v) is 3.42. The molecule has 0 saturated heterocycles. The Hall–Kier alpha value is -2.19. The lowest BCUT2D eigenvalue weighted by Gasteiger charge is -2.22. The largest absolute Gasteiger partial charge is 0.471 e. The van der Waals surface area contributed by atoms with Gasteiger partial charge in [-0.25, -0.2) is 0 Å². The Morgan fingerprint density at radius 2 is 1.86 bits per heavy atom. The summed E-state index contributed by atoms with van der Waals surface area (Å²) in [4.78, 5) is 25.0. The molecule has 0 fully saturated rings. The third kappa shape index (κ3) is 6.45. The average Bonchev–Trinajstić information content (AvgIpc) is 2.64. The summed E-state index contributed by atoms with van der Waals surface area (Å²) in [6.07, 6.45) is -4.92. The van der Waals surface area contributed by atoms with Gasteiger partial charge in [0.15, 0.2) is 0 Å². The van der Waals surface area contributed by atoms with E-state index < -0.39 is 12.1 Å². The average molecular weight is 431 g/mol. The number of rotatable bonds is 7. The third-order valence-corrected chi connectivity index (χ3v) is 5.21. The molecule has 0 heterocycles. The number of nitrogens with one attached hydrogen (secondary N) is 1. The molecule has 0 aliphatic heterocycles. The first-order chi connectivity index (χ1) is 13.2. The molecular formula is C19H18ClF3N2O2S. The number of halogens is 4. The van der Waals surface area contributed by atoms with Crippen molar-refractivity contribution in [1.29, 1.82) is 0 Å². The van der Waals surface area contributed by atoms with Gasteiger partial charge in [-0.05, 0) is 36.8 Å². The van der Waals surface area contributed by atoms with E-state index in [0.29, 0.717) is 21.2 Å². The van der Waals surface area contributed by atoms with Crippen LogP contribution in [-0.4, -0.2) is 35.2 Å². The maximum absolute atomic E-state index is 12.6. The Labute approximate surface area is 170 Å². The number of nitrogens with zero attached hydrogens (tertiary/aromatic N) is 1. The Kier molecular flexibility index (Phi) is 7.77. The topological polar surface area (TPSA) is 49.4 Å². The fourth-order valence-electron chi connectivity index (χ4n) is 2.38. The molecule has 2 amide bonds.